The molecule has 164 valence electrons. The van der Waals surface area contributed by atoms with Crippen molar-refractivity contribution >= 4 is 23.7 Å². The fourth-order valence-electron chi connectivity index (χ4n) is 3.70. The van der Waals surface area contributed by atoms with Gasteiger partial charge in [-0.25, -0.2) is 9.59 Å². The molecular formula is C22H34O6S. The zero-order valence-corrected chi connectivity index (χ0v) is 18.6. The van der Waals surface area contributed by atoms with Gasteiger partial charge in [0.25, 0.3) is 0 Å². The summed E-state index contributed by atoms with van der Waals surface area (Å²) in [4.78, 5) is 22.5. The quantitative estimate of drug-likeness (QED) is 0.269. The predicted molar refractivity (Wildman–Crippen MR) is 113 cm³/mol. The van der Waals surface area contributed by atoms with Crippen LogP contribution in [0, 0.1) is 0 Å². The molecule has 2 aliphatic rings. The first-order valence-electron chi connectivity index (χ1n) is 10.4. The van der Waals surface area contributed by atoms with Crippen LogP contribution in [0.15, 0.2) is 24.3 Å². The van der Waals surface area contributed by atoms with E-state index in [1.165, 1.54) is 12.8 Å². The number of carbonyl (C=O) groups is 2. The molecule has 7 heteroatoms. The molecule has 0 aliphatic heterocycles. The minimum atomic E-state index is -0.469. The maximum absolute atomic E-state index is 11.7. The van der Waals surface area contributed by atoms with Crippen molar-refractivity contribution in [2.75, 3.05) is 13.6 Å². The minimum Gasteiger partial charge on any atom is -0.435 e. The van der Waals surface area contributed by atoms with Gasteiger partial charge in [0, 0.05) is 11.1 Å². The van der Waals surface area contributed by atoms with Crippen LogP contribution in [0.25, 0.3) is 0 Å². The largest absolute Gasteiger partial charge is 0.435 e. The van der Waals surface area contributed by atoms with E-state index in [0.717, 1.165) is 51.4 Å². The van der Waals surface area contributed by atoms with Crippen LogP contribution >= 0.6 is 11.8 Å². The Morgan fingerprint density at radius 2 is 1.07 bits per heavy atom. The predicted octanol–water partition coefficient (Wildman–Crippen LogP) is 5.23. The molecule has 0 bridgehead atoms. The first-order chi connectivity index (χ1) is 13.8. The van der Waals surface area contributed by atoms with Gasteiger partial charge in [-0.15, -0.1) is 0 Å². The number of ether oxygens (including phenoxy) is 4. The van der Waals surface area contributed by atoms with Gasteiger partial charge in [-0.1, -0.05) is 37.8 Å². The lowest BCUT2D eigenvalue weighted by Gasteiger charge is -2.45. The molecule has 0 heterocycles. The van der Waals surface area contributed by atoms with E-state index in [0.29, 0.717) is 11.1 Å². The van der Waals surface area contributed by atoms with Crippen molar-refractivity contribution in [3.05, 3.63) is 24.3 Å². The maximum atomic E-state index is 11.7. The lowest BCUT2D eigenvalue weighted by atomic mass is 9.96. The number of thioether (sulfide) groups is 1. The highest BCUT2D eigenvalue weighted by Crippen LogP contribution is 2.52. The van der Waals surface area contributed by atoms with Crippen molar-refractivity contribution in [2.24, 2.45) is 0 Å². The third kappa shape index (κ3) is 7.46. The third-order valence-electron chi connectivity index (χ3n) is 5.32. The van der Waals surface area contributed by atoms with E-state index >= 15 is 0 Å². The summed E-state index contributed by atoms with van der Waals surface area (Å²) in [7, 11) is 0. The number of esters is 2. The van der Waals surface area contributed by atoms with E-state index in [-0.39, 0.29) is 13.6 Å². The van der Waals surface area contributed by atoms with Gasteiger partial charge in [0.2, 0.25) is 0 Å². The molecule has 0 spiro atoms. The molecule has 0 radical (unpaired) electrons. The first kappa shape index (κ1) is 24.0. The van der Waals surface area contributed by atoms with Crippen LogP contribution in [-0.2, 0) is 28.5 Å². The van der Waals surface area contributed by atoms with E-state index in [2.05, 4.69) is 13.2 Å². The maximum Gasteiger partial charge on any atom is 0.335 e. The van der Waals surface area contributed by atoms with Gasteiger partial charge < -0.3 is 18.9 Å². The first-order valence-corrected chi connectivity index (χ1v) is 11.2. The molecule has 6 nitrogen and oxygen atoms in total. The summed E-state index contributed by atoms with van der Waals surface area (Å²) in [5, 5.41) is 0. The number of carbonyl (C=O) groups excluding carboxylic acids is 2. The van der Waals surface area contributed by atoms with Gasteiger partial charge in [-0.05, 0) is 65.2 Å². The summed E-state index contributed by atoms with van der Waals surface area (Å²) in [6, 6.07) is 0. The van der Waals surface area contributed by atoms with Crippen LogP contribution in [0.1, 0.15) is 78.1 Å². The number of hydrogen-bond acceptors (Lipinski definition) is 7. The molecule has 29 heavy (non-hydrogen) atoms. The van der Waals surface area contributed by atoms with E-state index in [1.807, 2.05) is 0 Å². The average molecular weight is 427 g/mol. The molecule has 0 aromatic rings. The summed E-state index contributed by atoms with van der Waals surface area (Å²) in [5.74, 6) is -0.896. The Balaban J connectivity index is 2.04. The Bertz CT molecular complexity index is 550. The van der Waals surface area contributed by atoms with Crippen molar-refractivity contribution in [3.63, 3.8) is 0 Å². The van der Waals surface area contributed by atoms with Crippen LogP contribution in [0.3, 0.4) is 0 Å². The zero-order valence-electron chi connectivity index (χ0n) is 17.8. The molecule has 0 aromatic carbocycles. The second-order valence-electron chi connectivity index (χ2n) is 7.99. The van der Waals surface area contributed by atoms with Gasteiger partial charge in [-0.3, -0.25) is 0 Å². The van der Waals surface area contributed by atoms with Crippen LogP contribution in [0.2, 0.25) is 0 Å². The SMILES string of the molecule is C=C(C)C(=O)OCOC1(SC2(OCOC(=O)C(=C)C)CCCCC2)CCCCC1. The Morgan fingerprint density at radius 3 is 1.38 bits per heavy atom. The zero-order chi connectivity index (χ0) is 21.3. The second kappa shape index (κ2) is 11.2. The Kier molecular flexibility index (Phi) is 9.24. The summed E-state index contributed by atoms with van der Waals surface area (Å²) in [6.07, 6.45) is 10.1. The molecular weight excluding hydrogens is 392 g/mol. The van der Waals surface area contributed by atoms with Gasteiger partial charge in [0.1, 0.15) is 9.87 Å². The van der Waals surface area contributed by atoms with Gasteiger partial charge in [0.15, 0.2) is 13.6 Å². The van der Waals surface area contributed by atoms with Gasteiger partial charge in [-0.2, -0.15) is 0 Å². The van der Waals surface area contributed by atoms with Crippen LogP contribution in [-0.4, -0.2) is 35.4 Å². The molecule has 0 N–H and O–H groups in total. The van der Waals surface area contributed by atoms with Gasteiger partial charge >= 0.3 is 11.9 Å². The highest BCUT2D eigenvalue weighted by atomic mass is 32.2. The van der Waals surface area contributed by atoms with E-state index in [4.69, 9.17) is 18.9 Å². The van der Waals surface area contributed by atoms with Crippen LogP contribution in [0.5, 0.6) is 0 Å². The summed E-state index contributed by atoms with van der Waals surface area (Å²) >= 11 is 1.68. The summed E-state index contributed by atoms with van der Waals surface area (Å²) in [5.41, 5.74) is 0.704. The van der Waals surface area contributed by atoms with E-state index in [1.54, 1.807) is 25.6 Å². The highest BCUT2D eigenvalue weighted by molar-refractivity contribution is 8.01. The number of hydrogen-bond donors (Lipinski definition) is 0. The normalized spacial score (nSPS) is 20.5. The Morgan fingerprint density at radius 1 is 0.724 bits per heavy atom. The fourth-order valence-corrected chi connectivity index (χ4v) is 5.58. The van der Waals surface area contributed by atoms with Gasteiger partial charge in [0.05, 0.1) is 0 Å². The second-order valence-corrected chi connectivity index (χ2v) is 9.69. The van der Waals surface area contributed by atoms with E-state index in [9.17, 15) is 9.59 Å². The monoisotopic (exact) mass is 426 g/mol. The smallest absolute Gasteiger partial charge is 0.335 e. The topological polar surface area (TPSA) is 71.1 Å². The standard InChI is InChI=1S/C22H34O6S/c1-17(2)19(23)25-15-27-21(11-7-5-8-12-21)29-22(13-9-6-10-14-22)28-16-26-20(24)18(3)4/h1,3,5-16H2,2,4H3. The summed E-state index contributed by atoms with van der Waals surface area (Å²) < 4.78 is 22.7. The van der Waals surface area contributed by atoms with Crippen molar-refractivity contribution in [3.8, 4) is 0 Å². The molecule has 0 atom stereocenters. The molecule has 0 unspecified atom stereocenters. The van der Waals surface area contributed by atoms with Crippen LogP contribution < -0.4 is 0 Å². The van der Waals surface area contributed by atoms with Crippen molar-refractivity contribution in [2.45, 2.75) is 87.9 Å². The van der Waals surface area contributed by atoms with Crippen molar-refractivity contribution in [1.82, 2.24) is 0 Å². The lowest BCUT2D eigenvalue weighted by molar-refractivity contribution is -0.164. The minimum absolute atomic E-state index is 0.0978. The molecule has 0 aromatic heterocycles. The number of rotatable bonds is 10. The van der Waals surface area contributed by atoms with Crippen LogP contribution in [0.4, 0.5) is 0 Å². The highest BCUT2D eigenvalue weighted by Gasteiger charge is 2.45. The molecule has 2 rings (SSSR count). The molecule has 0 saturated heterocycles. The Labute approximate surface area is 178 Å². The summed E-state index contributed by atoms with van der Waals surface area (Å²) in [6.45, 7) is 10.2. The average Bonchev–Trinajstić information content (AvgIpc) is 2.69. The third-order valence-corrected chi connectivity index (χ3v) is 7.12. The molecule has 2 saturated carbocycles. The van der Waals surface area contributed by atoms with E-state index < -0.39 is 21.8 Å². The fraction of sp³-hybridized carbons (Fsp3) is 0.727. The lowest BCUT2D eigenvalue weighted by Crippen LogP contribution is -2.42. The molecule has 2 aliphatic carbocycles. The van der Waals surface area contributed by atoms with Crippen molar-refractivity contribution < 1.29 is 28.5 Å². The molecule has 0 amide bonds. The molecule has 2 fully saturated rings. The Hall–Kier alpha value is -1.31. The van der Waals surface area contributed by atoms with Crippen molar-refractivity contribution in [1.29, 1.82) is 0 Å².